The Labute approximate surface area is 102 Å². The highest BCUT2D eigenvalue weighted by molar-refractivity contribution is 6.00. The lowest BCUT2D eigenvalue weighted by Gasteiger charge is -2.17. The standard InChI is InChI=1S/C15H19NO/c1-5-10-7-6-8-11-12(9-17)14(15(2,3)4)16-13(10)11/h6-9,16H,5H2,1-4H3. The van der Waals surface area contributed by atoms with Crippen LogP contribution in [0.3, 0.4) is 0 Å². The summed E-state index contributed by atoms with van der Waals surface area (Å²) in [5, 5.41) is 1.05. The Balaban J connectivity index is 2.84. The number of carbonyl (C=O) groups is 1. The van der Waals surface area contributed by atoms with E-state index in [9.17, 15) is 4.79 Å². The number of para-hydroxylation sites is 1. The number of hydrogen-bond donors (Lipinski definition) is 1. The van der Waals surface area contributed by atoms with E-state index in [1.165, 1.54) is 5.56 Å². The highest BCUT2D eigenvalue weighted by Crippen LogP contribution is 2.31. The molecule has 2 nitrogen and oxygen atoms in total. The summed E-state index contributed by atoms with van der Waals surface area (Å²) in [6.07, 6.45) is 1.94. The van der Waals surface area contributed by atoms with Crippen molar-refractivity contribution in [1.29, 1.82) is 0 Å². The summed E-state index contributed by atoms with van der Waals surface area (Å²) in [6.45, 7) is 8.50. The fourth-order valence-corrected chi connectivity index (χ4v) is 2.31. The first-order valence-electron chi connectivity index (χ1n) is 6.08. The molecule has 2 aromatic rings. The zero-order valence-corrected chi connectivity index (χ0v) is 10.9. The van der Waals surface area contributed by atoms with Gasteiger partial charge in [-0.1, -0.05) is 45.9 Å². The number of aromatic nitrogens is 1. The summed E-state index contributed by atoms with van der Waals surface area (Å²) in [6, 6.07) is 6.15. The summed E-state index contributed by atoms with van der Waals surface area (Å²) in [5.74, 6) is 0. The first-order chi connectivity index (χ1) is 7.99. The predicted molar refractivity (Wildman–Crippen MR) is 71.8 cm³/mol. The van der Waals surface area contributed by atoms with E-state index in [0.29, 0.717) is 0 Å². The van der Waals surface area contributed by atoms with Crippen molar-refractivity contribution < 1.29 is 4.79 Å². The smallest absolute Gasteiger partial charge is 0.152 e. The van der Waals surface area contributed by atoms with E-state index in [0.717, 1.165) is 34.9 Å². The lowest BCUT2D eigenvalue weighted by Crippen LogP contribution is -2.13. The molecule has 1 aromatic carbocycles. The Morgan fingerprint density at radius 2 is 2.00 bits per heavy atom. The van der Waals surface area contributed by atoms with E-state index in [1.54, 1.807) is 0 Å². The maximum Gasteiger partial charge on any atom is 0.152 e. The van der Waals surface area contributed by atoms with Crippen LogP contribution in [0.15, 0.2) is 18.2 Å². The predicted octanol–water partition coefficient (Wildman–Crippen LogP) is 3.84. The highest BCUT2D eigenvalue weighted by atomic mass is 16.1. The average molecular weight is 229 g/mol. The molecule has 0 fully saturated rings. The summed E-state index contributed by atoms with van der Waals surface area (Å²) in [4.78, 5) is 14.8. The Kier molecular flexibility index (Phi) is 2.82. The Morgan fingerprint density at radius 1 is 1.29 bits per heavy atom. The second-order valence-corrected chi connectivity index (χ2v) is 5.47. The molecule has 0 saturated carbocycles. The van der Waals surface area contributed by atoms with Crippen LogP contribution in [0.2, 0.25) is 0 Å². The van der Waals surface area contributed by atoms with Gasteiger partial charge in [0.1, 0.15) is 0 Å². The zero-order valence-electron chi connectivity index (χ0n) is 10.9. The Bertz CT molecular complexity index is 558. The van der Waals surface area contributed by atoms with Gasteiger partial charge in [-0.3, -0.25) is 4.79 Å². The van der Waals surface area contributed by atoms with Gasteiger partial charge in [-0.05, 0) is 12.0 Å². The number of carbonyl (C=O) groups excluding carboxylic acids is 1. The van der Waals surface area contributed by atoms with E-state index in [4.69, 9.17) is 0 Å². The maximum absolute atomic E-state index is 11.3. The van der Waals surface area contributed by atoms with Gasteiger partial charge in [-0.15, -0.1) is 0 Å². The molecule has 0 aliphatic heterocycles. The van der Waals surface area contributed by atoms with Crippen LogP contribution in [0.25, 0.3) is 10.9 Å². The van der Waals surface area contributed by atoms with Crippen LogP contribution in [-0.2, 0) is 11.8 Å². The topological polar surface area (TPSA) is 32.9 Å². The Morgan fingerprint density at radius 3 is 2.53 bits per heavy atom. The van der Waals surface area contributed by atoms with Crippen LogP contribution < -0.4 is 0 Å². The SMILES string of the molecule is CCc1cccc2c(C=O)c(C(C)(C)C)[nH]c12. The molecule has 2 rings (SSSR count). The number of H-pyrrole nitrogens is 1. The van der Waals surface area contributed by atoms with Gasteiger partial charge in [-0.2, -0.15) is 0 Å². The van der Waals surface area contributed by atoms with E-state index in [-0.39, 0.29) is 5.41 Å². The summed E-state index contributed by atoms with van der Waals surface area (Å²) < 4.78 is 0. The molecule has 0 atom stereocenters. The molecule has 1 aromatic heterocycles. The molecule has 0 saturated heterocycles. The lowest BCUT2D eigenvalue weighted by molar-refractivity contribution is 0.112. The molecule has 0 unspecified atom stereocenters. The van der Waals surface area contributed by atoms with Gasteiger partial charge in [0, 0.05) is 27.6 Å². The van der Waals surface area contributed by atoms with Crippen molar-refractivity contribution in [3.8, 4) is 0 Å². The van der Waals surface area contributed by atoms with Crippen molar-refractivity contribution in [1.82, 2.24) is 4.98 Å². The fourth-order valence-electron chi connectivity index (χ4n) is 2.31. The van der Waals surface area contributed by atoms with Crippen LogP contribution in [0, 0.1) is 0 Å². The Hall–Kier alpha value is -1.57. The highest BCUT2D eigenvalue weighted by Gasteiger charge is 2.22. The van der Waals surface area contributed by atoms with Crippen LogP contribution in [0.1, 0.15) is 49.3 Å². The molecule has 0 bridgehead atoms. The van der Waals surface area contributed by atoms with Crippen molar-refractivity contribution in [3.63, 3.8) is 0 Å². The lowest BCUT2D eigenvalue weighted by atomic mass is 9.89. The van der Waals surface area contributed by atoms with Gasteiger partial charge in [0.15, 0.2) is 6.29 Å². The molecule has 0 aliphatic rings. The van der Waals surface area contributed by atoms with Gasteiger partial charge in [0.2, 0.25) is 0 Å². The molecular formula is C15H19NO. The number of nitrogens with one attached hydrogen (secondary N) is 1. The van der Waals surface area contributed by atoms with Crippen LogP contribution >= 0.6 is 0 Å². The van der Waals surface area contributed by atoms with Gasteiger partial charge in [0.05, 0.1) is 0 Å². The number of rotatable bonds is 2. The molecule has 0 radical (unpaired) electrons. The fraction of sp³-hybridized carbons (Fsp3) is 0.400. The molecule has 90 valence electrons. The molecule has 2 heteroatoms. The van der Waals surface area contributed by atoms with Crippen LogP contribution in [0.4, 0.5) is 0 Å². The van der Waals surface area contributed by atoms with E-state index < -0.39 is 0 Å². The van der Waals surface area contributed by atoms with Crippen molar-refractivity contribution in [2.24, 2.45) is 0 Å². The number of aromatic amines is 1. The van der Waals surface area contributed by atoms with Gasteiger partial charge < -0.3 is 4.98 Å². The van der Waals surface area contributed by atoms with Crippen molar-refractivity contribution in [2.45, 2.75) is 39.5 Å². The van der Waals surface area contributed by atoms with Gasteiger partial charge in [-0.25, -0.2) is 0 Å². The largest absolute Gasteiger partial charge is 0.357 e. The maximum atomic E-state index is 11.3. The zero-order chi connectivity index (χ0) is 12.6. The molecule has 1 heterocycles. The summed E-state index contributed by atoms with van der Waals surface area (Å²) >= 11 is 0. The number of hydrogen-bond acceptors (Lipinski definition) is 1. The third-order valence-corrected chi connectivity index (χ3v) is 3.21. The second kappa shape index (κ2) is 4.02. The van der Waals surface area contributed by atoms with E-state index in [2.05, 4.69) is 38.7 Å². The first-order valence-corrected chi connectivity index (χ1v) is 6.08. The molecule has 0 aliphatic carbocycles. The second-order valence-electron chi connectivity index (χ2n) is 5.47. The summed E-state index contributed by atoms with van der Waals surface area (Å²) in [5.41, 5.74) is 4.18. The molecule has 17 heavy (non-hydrogen) atoms. The normalized spacial score (nSPS) is 12.0. The quantitative estimate of drug-likeness (QED) is 0.780. The molecule has 1 N–H and O–H groups in total. The van der Waals surface area contributed by atoms with E-state index in [1.807, 2.05) is 12.1 Å². The van der Waals surface area contributed by atoms with Crippen molar-refractivity contribution >= 4 is 17.2 Å². The first kappa shape index (κ1) is 11.9. The average Bonchev–Trinajstić information content (AvgIpc) is 2.66. The summed E-state index contributed by atoms with van der Waals surface area (Å²) in [7, 11) is 0. The minimum Gasteiger partial charge on any atom is -0.357 e. The molecule has 0 spiro atoms. The van der Waals surface area contributed by atoms with Crippen LogP contribution in [-0.4, -0.2) is 11.3 Å². The third-order valence-electron chi connectivity index (χ3n) is 3.21. The third kappa shape index (κ3) is 1.88. The van der Waals surface area contributed by atoms with Gasteiger partial charge in [0.25, 0.3) is 0 Å². The van der Waals surface area contributed by atoms with Crippen molar-refractivity contribution in [2.75, 3.05) is 0 Å². The number of fused-ring (bicyclic) bond motifs is 1. The molecular weight excluding hydrogens is 210 g/mol. The minimum atomic E-state index is -0.0414. The minimum absolute atomic E-state index is 0.0414. The monoisotopic (exact) mass is 229 g/mol. The molecule has 0 amide bonds. The van der Waals surface area contributed by atoms with Crippen molar-refractivity contribution in [3.05, 3.63) is 35.0 Å². The van der Waals surface area contributed by atoms with Gasteiger partial charge >= 0.3 is 0 Å². The number of benzene rings is 1. The number of aryl methyl sites for hydroxylation is 1. The van der Waals surface area contributed by atoms with Crippen LogP contribution in [0.5, 0.6) is 0 Å². The van der Waals surface area contributed by atoms with E-state index >= 15 is 0 Å². The number of aldehydes is 1.